The van der Waals surface area contributed by atoms with E-state index >= 15 is 0 Å². The minimum atomic E-state index is -0.169. The molecule has 2 atom stereocenters. The zero-order valence-electron chi connectivity index (χ0n) is 20.2. The summed E-state index contributed by atoms with van der Waals surface area (Å²) in [6.45, 7) is 0. The summed E-state index contributed by atoms with van der Waals surface area (Å²) in [5.74, 6) is 1.85. The lowest BCUT2D eigenvalue weighted by atomic mass is 9.76. The zero-order chi connectivity index (χ0) is 24.3. The van der Waals surface area contributed by atoms with E-state index in [4.69, 9.17) is 0 Å². The first-order chi connectivity index (χ1) is 17.0. The van der Waals surface area contributed by atoms with Crippen molar-refractivity contribution in [2.75, 3.05) is 5.32 Å². The molecular weight excluding hydrogens is 443 g/mol. The third-order valence-electron chi connectivity index (χ3n) is 7.59. The number of urea groups is 1. The van der Waals surface area contributed by atoms with Crippen LogP contribution in [0.4, 0.5) is 14.9 Å². The van der Waals surface area contributed by atoms with Gasteiger partial charge in [-0.3, -0.25) is 0 Å². The molecule has 7 nitrogen and oxygen atoms in total. The van der Waals surface area contributed by atoms with Gasteiger partial charge in [-0.2, -0.15) is 0 Å². The monoisotopic (exact) mass is 476 g/mol. The molecule has 2 fully saturated rings. The molecule has 2 aromatic carbocycles. The highest BCUT2D eigenvalue weighted by Crippen LogP contribution is 2.43. The second-order valence-corrected chi connectivity index (χ2v) is 10.3. The van der Waals surface area contributed by atoms with Gasteiger partial charge in [0, 0.05) is 23.8 Å². The minimum absolute atomic E-state index is 0.0703. The van der Waals surface area contributed by atoms with Gasteiger partial charge in [-0.05, 0) is 90.6 Å². The Morgan fingerprint density at radius 2 is 1.94 bits per heavy atom. The number of halogens is 1. The van der Waals surface area contributed by atoms with E-state index in [1.807, 2.05) is 36.4 Å². The van der Waals surface area contributed by atoms with Crippen LogP contribution < -0.4 is 10.6 Å². The predicted molar refractivity (Wildman–Crippen MR) is 133 cm³/mol. The molecule has 2 saturated carbocycles. The number of carbonyl (C=O) groups excluding carboxylic acids is 1. The average molecular weight is 477 g/mol. The van der Waals surface area contributed by atoms with Crippen LogP contribution in [0.2, 0.25) is 0 Å². The Labute approximate surface area is 205 Å². The van der Waals surface area contributed by atoms with E-state index in [0.29, 0.717) is 17.7 Å². The van der Waals surface area contributed by atoms with Crippen LogP contribution in [0.1, 0.15) is 56.9 Å². The van der Waals surface area contributed by atoms with Crippen LogP contribution in [0.5, 0.6) is 0 Å². The molecular formula is C27H33FN6O. The van der Waals surface area contributed by atoms with E-state index in [2.05, 4.69) is 26.2 Å². The van der Waals surface area contributed by atoms with Gasteiger partial charge in [-0.25, -0.2) is 13.9 Å². The van der Waals surface area contributed by atoms with Crippen molar-refractivity contribution in [3.05, 3.63) is 59.9 Å². The smallest absolute Gasteiger partial charge is 0.319 e. The van der Waals surface area contributed by atoms with Crippen molar-refractivity contribution < 1.29 is 9.18 Å². The Balaban J connectivity index is 1.10. The molecule has 0 spiro atoms. The molecule has 2 aliphatic carbocycles. The molecule has 0 aliphatic heterocycles. The number of aromatic nitrogens is 4. The van der Waals surface area contributed by atoms with Gasteiger partial charge in [0.05, 0.1) is 0 Å². The highest BCUT2D eigenvalue weighted by molar-refractivity contribution is 5.90. The van der Waals surface area contributed by atoms with Gasteiger partial charge < -0.3 is 10.6 Å². The number of tetrazole rings is 1. The van der Waals surface area contributed by atoms with Crippen molar-refractivity contribution in [2.45, 2.75) is 63.3 Å². The number of anilines is 1. The molecule has 1 unspecified atom stereocenters. The zero-order valence-corrected chi connectivity index (χ0v) is 20.2. The number of carbonyl (C=O) groups is 1. The Hall–Kier alpha value is -3.29. The number of nitrogens with one attached hydrogen (secondary N) is 2. The van der Waals surface area contributed by atoms with Crippen molar-refractivity contribution in [2.24, 2.45) is 18.9 Å². The third kappa shape index (κ3) is 6.05. The molecule has 0 radical (unpaired) electrons. The van der Waals surface area contributed by atoms with Crippen molar-refractivity contribution in [1.82, 2.24) is 25.5 Å². The van der Waals surface area contributed by atoms with Gasteiger partial charge in [0.1, 0.15) is 5.82 Å². The molecule has 2 amide bonds. The summed E-state index contributed by atoms with van der Waals surface area (Å²) in [4.78, 5) is 12.8. The van der Waals surface area contributed by atoms with Gasteiger partial charge in [0.15, 0.2) is 5.82 Å². The Morgan fingerprint density at radius 3 is 2.69 bits per heavy atom. The second kappa shape index (κ2) is 10.1. The van der Waals surface area contributed by atoms with E-state index in [1.54, 1.807) is 23.9 Å². The van der Waals surface area contributed by atoms with E-state index < -0.39 is 0 Å². The maximum absolute atomic E-state index is 13.2. The minimum Gasteiger partial charge on any atom is -0.332 e. The van der Waals surface area contributed by atoms with Crippen molar-refractivity contribution in [1.29, 1.82) is 0 Å². The number of hydrogen-bond acceptors (Lipinski definition) is 4. The topological polar surface area (TPSA) is 84.7 Å². The highest BCUT2D eigenvalue weighted by Gasteiger charge is 2.44. The average Bonchev–Trinajstić information content (AvgIpc) is 3.47. The number of rotatable bonds is 8. The maximum Gasteiger partial charge on any atom is 0.319 e. The molecule has 0 saturated heterocycles. The van der Waals surface area contributed by atoms with Crippen LogP contribution in [0.15, 0.2) is 48.5 Å². The van der Waals surface area contributed by atoms with E-state index in [-0.39, 0.29) is 17.4 Å². The predicted octanol–water partition coefficient (Wildman–Crippen LogP) is 5.50. The first-order valence-corrected chi connectivity index (χ1v) is 12.6. The van der Waals surface area contributed by atoms with Gasteiger partial charge in [0.25, 0.3) is 0 Å². The molecule has 1 aromatic heterocycles. The lowest BCUT2D eigenvalue weighted by Gasteiger charge is -2.30. The Morgan fingerprint density at radius 1 is 1.14 bits per heavy atom. The summed E-state index contributed by atoms with van der Waals surface area (Å²) in [6.07, 6.45) is 10.3. The fourth-order valence-corrected chi connectivity index (χ4v) is 5.49. The van der Waals surface area contributed by atoms with E-state index in [0.717, 1.165) is 43.4 Å². The molecule has 5 rings (SSSR count). The quantitative estimate of drug-likeness (QED) is 0.450. The molecule has 3 aromatic rings. The van der Waals surface area contributed by atoms with Crippen LogP contribution in [-0.4, -0.2) is 31.8 Å². The van der Waals surface area contributed by atoms with Crippen LogP contribution in [0.25, 0.3) is 11.4 Å². The van der Waals surface area contributed by atoms with E-state index in [9.17, 15) is 9.18 Å². The van der Waals surface area contributed by atoms with Crippen molar-refractivity contribution in [3.63, 3.8) is 0 Å². The normalized spacial score (nSPS) is 20.9. The fraction of sp³-hybridized carbons (Fsp3) is 0.481. The molecule has 2 N–H and O–H groups in total. The summed E-state index contributed by atoms with van der Waals surface area (Å²) in [5, 5.41) is 17.8. The first-order valence-electron chi connectivity index (χ1n) is 12.6. The lowest BCUT2D eigenvalue weighted by molar-refractivity contribution is 0.231. The summed E-state index contributed by atoms with van der Waals surface area (Å²) >= 11 is 0. The SMILES string of the molecule is Cn1nnnc1-c1cccc(NC(=O)NC2(CCC3CCC[C@@H](Cc4ccc(F)cc4)C3)CC2)c1. The summed E-state index contributed by atoms with van der Waals surface area (Å²) in [6, 6.07) is 14.4. The van der Waals surface area contributed by atoms with Crippen LogP contribution in [0.3, 0.4) is 0 Å². The maximum atomic E-state index is 13.2. The standard InChI is InChI=1S/C27H33FN6O/c1-34-25(31-32-33-34)22-6-3-7-24(18-22)29-26(35)30-27(14-15-27)13-12-19-4-2-5-21(16-19)17-20-8-10-23(28)11-9-20/h3,6-11,18-19,21H,2,4-5,12-17H2,1H3,(H2,29,30,35)/t19?,21-/m1/s1. The van der Waals surface area contributed by atoms with Gasteiger partial charge >= 0.3 is 6.03 Å². The Bertz CT molecular complexity index is 1160. The molecule has 184 valence electrons. The number of aryl methyl sites for hydroxylation is 1. The number of amides is 2. The lowest BCUT2D eigenvalue weighted by Crippen LogP contribution is -2.40. The number of hydrogen-bond donors (Lipinski definition) is 2. The summed E-state index contributed by atoms with van der Waals surface area (Å²) in [5.41, 5.74) is 2.73. The number of nitrogens with zero attached hydrogens (tertiary/aromatic N) is 4. The highest BCUT2D eigenvalue weighted by atomic mass is 19.1. The van der Waals surface area contributed by atoms with Crippen molar-refractivity contribution >= 4 is 11.7 Å². The van der Waals surface area contributed by atoms with Crippen LogP contribution in [0, 0.1) is 17.7 Å². The molecule has 2 aliphatic rings. The largest absolute Gasteiger partial charge is 0.332 e. The fourth-order valence-electron chi connectivity index (χ4n) is 5.49. The first kappa shape index (κ1) is 23.5. The van der Waals surface area contributed by atoms with Crippen LogP contribution in [-0.2, 0) is 13.5 Å². The summed E-state index contributed by atoms with van der Waals surface area (Å²) in [7, 11) is 1.79. The second-order valence-electron chi connectivity index (χ2n) is 10.3. The number of benzene rings is 2. The molecule has 35 heavy (non-hydrogen) atoms. The van der Waals surface area contributed by atoms with E-state index in [1.165, 1.54) is 31.2 Å². The molecule has 1 heterocycles. The van der Waals surface area contributed by atoms with Gasteiger partial charge in [-0.1, -0.05) is 43.5 Å². The molecule has 8 heteroatoms. The Kier molecular flexibility index (Phi) is 6.79. The summed E-state index contributed by atoms with van der Waals surface area (Å²) < 4.78 is 14.8. The van der Waals surface area contributed by atoms with Crippen molar-refractivity contribution in [3.8, 4) is 11.4 Å². The molecule has 0 bridgehead atoms. The van der Waals surface area contributed by atoms with Crippen LogP contribution >= 0.6 is 0 Å². The van der Waals surface area contributed by atoms with Gasteiger partial charge in [0.2, 0.25) is 0 Å². The third-order valence-corrected chi connectivity index (χ3v) is 7.59. The van der Waals surface area contributed by atoms with Gasteiger partial charge in [-0.15, -0.1) is 5.10 Å².